The number of hydrogen-bond acceptors (Lipinski definition) is 3. The van der Waals surface area contributed by atoms with E-state index in [0.717, 1.165) is 24.7 Å². The van der Waals surface area contributed by atoms with E-state index in [9.17, 15) is 0 Å². The molecule has 1 atom stereocenters. The van der Waals surface area contributed by atoms with Crippen molar-refractivity contribution in [3.05, 3.63) is 52.7 Å². The van der Waals surface area contributed by atoms with Gasteiger partial charge in [0.2, 0.25) is 0 Å². The second kappa shape index (κ2) is 10.1. The van der Waals surface area contributed by atoms with E-state index in [2.05, 4.69) is 39.6 Å². The highest BCUT2D eigenvalue weighted by Gasteiger charge is 2.25. The van der Waals surface area contributed by atoms with Crippen LogP contribution in [0.25, 0.3) is 0 Å². The summed E-state index contributed by atoms with van der Waals surface area (Å²) in [6.45, 7) is 5.33. The van der Waals surface area contributed by atoms with Crippen LogP contribution in [0.5, 0.6) is 0 Å². The molecule has 136 valence electrons. The number of guanidine groups is 1. The first-order chi connectivity index (χ1) is 11.7. The molecule has 25 heavy (non-hydrogen) atoms. The van der Waals surface area contributed by atoms with Gasteiger partial charge in [0, 0.05) is 10.6 Å². The minimum absolute atomic E-state index is 0. The van der Waals surface area contributed by atoms with Crippen molar-refractivity contribution < 1.29 is 0 Å². The summed E-state index contributed by atoms with van der Waals surface area (Å²) in [7, 11) is 0. The highest BCUT2D eigenvalue weighted by atomic mass is 127. The van der Waals surface area contributed by atoms with Crippen LogP contribution in [0.15, 0.2) is 52.8 Å². The molecule has 1 aromatic carbocycles. The van der Waals surface area contributed by atoms with E-state index in [1.165, 1.54) is 17.7 Å². The first kappa shape index (κ1) is 20.2. The van der Waals surface area contributed by atoms with Crippen molar-refractivity contribution in [3.8, 4) is 0 Å². The van der Waals surface area contributed by atoms with Gasteiger partial charge in [-0.1, -0.05) is 31.2 Å². The number of anilines is 1. The largest absolute Gasteiger partial charge is 0.370 e. The van der Waals surface area contributed by atoms with Crippen LogP contribution in [-0.4, -0.2) is 30.5 Å². The third-order valence-electron chi connectivity index (χ3n) is 4.61. The molecule has 0 spiro atoms. The van der Waals surface area contributed by atoms with Crippen LogP contribution in [0, 0.1) is 5.92 Å². The first-order valence-electron chi connectivity index (χ1n) is 8.62. The number of nitrogens with zero attached hydrogens (tertiary/aromatic N) is 2. The van der Waals surface area contributed by atoms with Gasteiger partial charge in [0.25, 0.3) is 0 Å². The zero-order chi connectivity index (χ0) is 16.8. The van der Waals surface area contributed by atoms with Crippen LogP contribution in [0.1, 0.15) is 30.7 Å². The zero-order valence-electron chi connectivity index (χ0n) is 14.6. The van der Waals surface area contributed by atoms with Gasteiger partial charge in [-0.15, -0.1) is 35.3 Å². The van der Waals surface area contributed by atoms with E-state index in [-0.39, 0.29) is 24.0 Å². The summed E-state index contributed by atoms with van der Waals surface area (Å²) in [4.78, 5) is 8.55. The van der Waals surface area contributed by atoms with Crippen LogP contribution in [-0.2, 0) is 0 Å². The fourth-order valence-corrected chi connectivity index (χ4v) is 3.95. The minimum atomic E-state index is 0. The molecule has 0 bridgehead atoms. The van der Waals surface area contributed by atoms with Crippen LogP contribution in [0.3, 0.4) is 0 Å². The van der Waals surface area contributed by atoms with Crippen LogP contribution in [0.2, 0.25) is 0 Å². The lowest BCUT2D eigenvalue weighted by Gasteiger charge is -2.35. The molecular formula is C19H27IN4S. The predicted octanol–water partition coefficient (Wildman–Crippen LogP) is 4.57. The van der Waals surface area contributed by atoms with Gasteiger partial charge in [0.05, 0.1) is 12.6 Å². The van der Waals surface area contributed by atoms with Crippen molar-refractivity contribution in [1.29, 1.82) is 0 Å². The van der Waals surface area contributed by atoms with Crippen molar-refractivity contribution in [3.63, 3.8) is 0 Å². The second-order valence-electron chi connectivity index (χ2n) is 6.47. The average Bonchev–Trinajstić information content (AvgIpc) is 3.12. The molecule has 3 N–H and O–H groups in total. The summed E-state index contributed by atoms with van der Waals surface area (Å²) in [5.74, 6) is 1.31. The van der Waals surface area contributed by atoms with Gasteiger partial charge in [0.1, 0.15) is 0 Å². The Bertz CT molecular complexity index is 637. The monoisotopic (exact) mass is 470 g/mol. The van der Waals surface area contributed by atoms with E-state index in [1.807, 2.05) is 41.7 Å². The Kier molecular flexibility index (Phi) is 8.18. The van der Waals surface area contributed by atoms with Gasteiger partial charge in [-0.25, -0.2) is 0 Å². The molecule has 0 saturated carbocycles. The van der Waals surface area contributed by atoms with Gasteiger partial charge >= 0.3 is 0 Å². The topological polar surface area (TPSA) is 53.6 Å². The van der Waals surface area contributed by atoms with Gasteiger partial charge in [-0.05, 0) is 55.4 Å². The maximum atomic E-state index is 6.08. The van der Waals surface area contributed by atoms with Gasteiger partial charge < -0.3 is 11.1 Å². The van der Waals surface area contributed by atoms with Gasteiger partial charge in [0.15, 0.2) is 5.96 Å². The maximum absolute atomic E-state index is 6.08. The lowest BCUT2D eigenvalue weighted by molar-refractivity contribution is 0.143. The number of rotatable bonds is 5. The molecule has 1 unspecified atom stereocenters. The third kappa shape index (κ3) is 5.97. The van der Waals surface area contributed by atoms with Crippen molar-refractivity contribution in [2.24, 2.45) is 16.6 Å². The summed E-state index contributed by atoms with van der Waals surface area (Å²) in [6, 6.07) is 14.6. The van der Waals surface area contributed by atoms with E-state index < -0.39 is 0 Å². The molecule has 0 radical (unpaired) electrons. The van der Waals surface area contributed by atoms with Gasteiger partial charge in [-0.2, -0.15) is 0 Å². The molecule has 1 saturated heterocycles. The smallest absolute Gasteiger partial charge is 0.193 e. The number of halogens is 1. The fraction of sp³-hybridized carbons (Fsp3) is 0.421. The molecule has 2 aromatic rings. The summed E-state index contributed by atoms with van der Waals surface area (Å²) >= 11 is 1.81. The molecular weight excluding hydrogens is 443 g/mol. The van der Waals surface area contributed by atoms with Crippen LogP contribution < -0.4 is 11.1 Å². The number of para-hydroxylation sites is 1. The molecule has 4 nitrogen and oxygen atoms in total. The van der Waals surface area contributed by atoms with E-state index in [1.54, 1.807) is 0 Å². The number of aliphatic imine (C=N–C) groups is 1. The Hall–Kier alpha value is -1.12. The highest BCUT2D eigenvalue weighted by molar-refractivity contribution is 14.0. The van der Waals surface area contributed by atoms with Crippen molar-refractivity contribution in [2.45, 2.75) is 25.8 Å². The minimum Gasteiger partial charge on any atom is -0.370 e. The lowest BCUT2D eigenvalue weighted by Crippen LogP contribution is -2.37. The Balaban J connectivity index is 0.00000225. The quantitative estimate of drug-likeness (QED) is 0.383. The molecule has 0 aliphatic carbocycles. The van der Waals surface area contributed by atoms with Crippen LogP contribution >= 0.6 is 35.3 Å². The normalized spacial score (nSPS) is 17.7. The summed E-state index contributed by atoms with van der Waals surface area (Å²) in [6.07, 6.45) is 2.53. The first-order valence-corrected chi connectivity index (χ1v) is 9.50. The SMILES string of the molecule is CC1CCN(C(CN=C(N)Nc2ccccc2)c2cccs2)CC1.I. The van der Waals surface area contributed by atoms with Crippen molar-refractivity contribution in [2.75, 3.05) is 25.0 Å². The number of hydrogen-bond donors (Lipinski definition) is 2. The molecule has 3 rings (SSSR count). The fourth-order valence-electron chi connectivity index (χ4n) is 3.10. The standard InChI is InChI=1S/C19H26N4S.HI/c1-15-9-11-23(12-10-15)17(18-8-5-13-24-18)14-21-19(20)22-16-6-3-2-4-7-16;/h2-8,13,15,17H,9-12,14H2,1H3,(H3,20,21,22);1H. The third-order valence-corrected chi connectivity index (χ3v) is 5.58. The van der Waals surface area contributed by atoms with E-state index >= 15 is 0 Å². The lowest BCUT2D eigenvalue weighted by atomic mass is 9.97. The Morgan fingerprint density at radius 2 is 1.96 bits per heavy atom. The molecule has 0 amide bonds. The van der Waals surface area contributed by atoms with Crippen molar-refractivity contribution in [1.82, 2.24) is 4.90 Å². The van der Waals surface area contributed by atoms with Crippen LogP contribution in [0.4, 0.5) is 5.69 Å². The predicted molar refractivity (Wildman–Crippen MR) is 119 cm³/mol. The maximum Gasteiger partial charge on any atom is 0.193 e. The van der Waals surface area contributed by atoms with E-state index in [0.29, 0.717) is 18.5 Å². The molecule has 1 aliphatic rings. The molecule has 1 aromatic heterocycles. The molecule has 6 heteroatoms. The highest BCUT2D eigenvalue weighted by Crippen LogP contribution is 2.29. The van der Waals surface area contributed by atoms with Crippen molar-refractivity contribution >= 4 is 47.0 Å². The Morgan fingerprint density at radius 1 is 1.24 bits per heavy atom. The number of nitrogens with one attached hydrogen (secondary N) is 1. The molecule has 2 heterocycles. The Morgan fingerprint density at radius 3 is 2.60 bits per heavy atom. The average molecular weight is 470 g/mol. The zero-order valence-corrected chi connectivity index (χ0v) is 17.7. The summed E-state index contributed by atoms with van der Waals surface area (Å²) in [5, 5.41) is 5.31. The molecule has 1 fully saturated rings. The second-order valence-corrected chi connectivity index (χ2v) is 7.45. The number of thiophene rings is 1. The summed E-state index contributed by atoms with van der Waals surface area (Å²) in [5.41, 5.74) is 7.05. The Labute approximate surface area is 171 Å². The molecule has 1 aliphatic heterocycles. The summed E-state index contributed by atoms with van der Waals surface area (Å²) < 4.78 is 0. The number of nitrogens with two attached hydrogens (primary N) is 1. The number of piperidine rings is 1. The van der Waals surface area contributed by atoms with Gasteiger partial charge in [-0.3, -0.25) is 9.89 Å². The van der Waals surface area contributed by atoms with E-state index in [4.69, 9.17) is 5.73 Å². The number of likely N-dealkylation sites (tertiary alicyclic amines) is 1. The number of benzene rings is 1.